The number of carboxylic acid groups (broad SMARTS) is 1. The van der Waals surface area contributed by atoms with E-state index in [1.165, 1.54) is 9.91 Å². The Hall–Kier alpha value is -5.23. The van der Waals surface area contributed by atoms with Gasteiger partial charge in [0.2, 0.25) is 5.95 Å². The van der Waals surface area contributed by atoms with Crippen LogP contribution in [0.1, 0.15) is 49.2 Å². The molecule has 6 aliphatic rings. The quantitative estimate of drug-likeness (QED) is 0.0300. The Morgan fingerprint density at radius 1 is 0.899 bits per heavy atom. The van der Waals surface area contributed by atoms with Crippen molar-refractivity contribution in [3.63, 3.8) is 0 Å². The number of carbonyl (C=O) groups is 3. The van der Waals surface area contributed by atoms with E-state index in [1.54, 1.807) is 12.1 Å². The molecule has 2 fully saturated rings. The van der Waals surface area contributed by atoms with Gasteiger partial charge in [-0.2, -0.15) is 34.2 Å². The van der Waals surface area contributed by atoms with E-state index in [2.05, 4.69) is 53.4 Å². The zero-order chi connectivity index (χ0) is 50.4. The maximum Gasteiger partial charge on any atom is 0.490 e. The molecule has 2 atom stereocenters. The number of halogens is 5. The molecule has 0 spiro atoms. The second kappa shape index (κ2) is 25.6. The fraction of sp³-hybridized carbons (Fsp3) is 0.657. The van der Waals surface area contributed by atoms with Gasteiger partial charge in [-0.15, -0.1) is 0 Å². The Labute approximate surface area is 403 Å². The number of primary amides is 1. The number of hydrogen-bond acceptors (Lipinski definition) is 26. The molecule has 29 nitrogen and oxygen atoms in total. The van der Waals surface area contributed by atoms with Gasteiger partial charge in [0.1, 0.15) is 35.8 Å². The van der Waals surface area contributed by atoms with E-state index >= 15 is 0 Å². The third-order valence-electron chi connectivity index (χ3n) is 11.1. The number of aromatic nitrogens is 3. The van der Waals surface area contributed by atoms with E-state index in [4.69, 9.17) is 71.0 Å². The summed E-state index contributed by atoms with van der Waals surface area (Å²) in [5.74, 6) is -2.04. The molecule has 6 aliphatic heterocycles. The molecule has 2 saturated heterocycles. The van der Waals surface area contributed by atoms with Crippen molar-refractivity contribution in [2.75, 3.05) is 97.9 Å². The van der Waals surface area contributed by atoms with E-state index in [0.717, 1.165) is 0 Å². The van der Waals surface area contributed by atoms with Crippen molar-refractivity contribution < 1.29 is 42.9 Å². The minimum Gasteiger partial charge on any atom is -0.475 e. The van der Waals surface area contributed by atoms with Crippen LogP contribution in [0.5, 0.6) is 0 Å². The number of fused-ring (bicyclic) bond motifs is 9. The first-order chi connectivity index (χ1) is 32.9. The molecule has 69 heavy (non-hydrogen) atoms. The number of carbonyl (C=O) groups excluding carboxylic acids is 2. The standard InChI is InChI=1S/C33H59Cl2N23O4.C2HF3O2/c1-40-51-44-17-54-18-45-52-43-16-42-31-24(35)58(22(32(54)62)26(37)47-31)56-9-4-20(5-10-56)30-48-29(49-33(50-30)41-6-11-53(12-14-59)13-15-60)19-2-7-55(8-3-19)57-21(28(39)61)25(36)46-27(38)23(57)34;3-2(4,5)1(6)7/h19-20,23-24,40,43-45,51-52,59-60H,2-18,36-37H2,1H3,(H2,38,46)(H2,39,61)(H,42,47)(H,41,48,49,50);(H,6,7). The lowest BCUT2D eigenvalue weighted by Crippen LogP contribution is -2.63. The van der Waals surface area contributed by atoms with Gasteiger partial charge in [0.15, 0.2) is 28.2 Å². The Balaban J connectivity index is 0.00000118. The van der Waals surface area contributed by atoms with E-state index in [1.807, 2.05) is 14.9 Å². The number of hydrazine groups is 6. The average Bonchev–Trinajstić information content (AvgIpc) is 3.30. The summed E-state index contributed by atoms with van der Waals surface area (Å²) in [4.78, 5) is 62.4. The highest BCUT2D eigenvalue weighted by molar-refractivity contribution is 6.32. The number of piperidine rings is 2. The summed E-state index contributed by atoms with van der Waals surface area (Å²) in [5.41, 5.74) is 39.8. The number of aliphatic hydroxyl groups excluding tert-OH is 2. The van der Waals surface area contributed by atoms with E-state index in [0.29, 0.717) is 101 Å². The molecule has 2 amide bonds. The second-order valence-electron chi connectivity index (χ2n) is 15.6. The highest BCUT2D eigenvalue weighted by Crippen LogP contribution is 2.35. The first-order valence-corrected chi connectivity index (χ1v) is 22.5. The zero-order valence-electron chi connectivity index (χ0n) is 37.5. The number of anilines is 1. The van der Waals surface area contributed by atoms with Crippen LogP contribution in [0.3, 0.4) is 0 Å². The molecule has 7 rings (SSSR count). The van der Waals surface area contributed by atoms with Gasteiger partial charge in [-0.05, 0) is 32.7 Å². The largest absolute Gasteiger partial charge is 0.490 e. The van der Waals surface area contributed by atoms with Gasteiger partial charge >= 0.3 is 12.1 Å². The van der Waals surface area contributed by atoms with Crippen LogP contribution in [0.2, 0.25) is 0 Å². The molecule has 19 N–H and O–H groups in total. The van der Waals surface area contributed by atoms with Gasteiger partial charge < -0.3 is 53.8 Å². The van der Waals surface area contributed by atoms with E-state index < -0.39 is 35.0 Å². The first-order valence-electron chi connectivity index (χ1n) is 21.6. The third kappa shape index (κ3) is 14.4. The van der Waals surface area contributed by atoms with Gasteiger partial charge in [0, 0.05) is 64.2 Å². The maximum atomic E-state index is 14.2. The number of alkyl halides is 5. The Kier molecular flexibility index (Phi) is 20.3. The normalized spacial score (nSPS) is 21.9. The summed E-state index contributed by atoms with van der Waals surface area (Å²) in [6.07, 6.45) is -2.68. The Bertz CT molecular complexity index is 2050. The van der Waals surface area contributed by atoms with Crippen molar-refractivity contribution in [3.05, 3.63) is 34.7 Å². The second-order valence-corrected chi connectivity index (χ2v) is 16.5. The summed E-state index contributed by atoms with van der Waals surface area (Å²) < 4.78 is 31.7. The highest BCUT2D eigenvalue weighted by Gasteiger charge is 2.43. The maximum absolute atomic E-state index is 14.2. The SMILES string of the molecule is CNNNCN1CNNNCN=C2NC(N)=C(C1=O)N(N1CCC(c3nc(NCCN(CCO)CCO)nc(C4CCN(N5C(C(N)=O)=C(N)N=C(N)C5Cl)CC4)n3)CC1)C2Cl.O=C(O)C(F)(F)F. The van der Waals surface area contributed by atoms with Gasteiger partial charge in [0.05, 0.1) is 26.6 Å². The van der Waals surface area contributed by atoms with Crippen LogP contribution in [0, 0.1) is 0 Å². The lowest BCUT2D eigenvalue weighted by Gasteiger charge is -2.46. The third-order valence-corrected chi connectivity index (χ3v) is 11.9. The van der Waals surface area contributed by atoms with Gasteiger partial charge in [-0.1, -0.05) is 23.2 Å². The van der Waals surface area contributed by atoms with Gasteiger partial charge in [-0.25, -0.2) is 46.5 Å². The van der Waals surface area contributed by atoms with Gasteiger partial charge in [-0.3, -0.25) is 29.5 Å². The van der Waals surface area contributed by atoms with Crippen molar-refractivity contribution in [2.24, 2.45) is 32.9 Å². The van der Waals surface area contributed by atoms with Crippen LogP contribution in [-0.2, 0) is 14.4 Å². The van der Waals surface area contributed by atoms with Crippen molar-refractivity contribution >= 4 is 58.6 Å². The van der Waals surface area contributed by atoms with Crippen LogP contribution in [0.4, 0.5) is 19.1 Å². The van der Waals surface area contributed by atoms with Crippen molar-refractivity contribution in [3.8, 4) is 0 Å². The van der Waals surface area contributed by atoms with Gasteiger partial charge in [0.25, 0.3) is 11.8 Å². The number of hydrogen-bond donors (Lipinski definition) is 15. The highest BCUT2D eigenvalue weighted by atomic mass is 35.5. The predicted octanol–water partition coefficient (Wildman–Crippen LogP) is -5.22. The minimum atomic E-state index is -5.08. The lowest BCUT2D eigenvalue weighted by atomic mass is 9.94. The van der Waals surface area contributed by atoms with Crippen LogP contribution >= 0.6 is 23.2 Å². The number of carboxylic acids is 1. The number of aliphatic imine (C=N–C) groups is 2. The summed E-state index contributed by atoms with van der Waals surface area (Å²) >= 11 is 13.7. The van der Waals surface area contributed by atoms with E-state index in [9.17, 15) is 33.0 Å². The number of amidine groups is 2. The van der Waals surface area contributed by atoms with Crippen LogP contribution in [0.15, 0.2) is 33.0 Å². The molecule has 0 aliphatic carbocycles. The number of nitrogens with one attached hydrogen (secondary N) is 8. The zero-order valence-corrected chi connectivity index (χ0v) is 39.0. The molecular weight excluding hydrogens is 966 g/mol. The van der Waals surface area contributed by atoms with Crippen LogP contribution in [-0.4, -0.2) is 199 Å². The molecule has 0 radical (unpaired) electrons. The van der Waals surface area contributed by atoms with Crippen LogP contribution in [0.25, 0.3) is 0 Å². The number of aliphatic carboxylic acids is 1. The topological polar surface area (TPSA) is 395 Å². The Morgan fingerprint density at radius 2 is 1.48 bits per heavy atom. The Morgan fingerprint density at radius 3 is 2.01 bits per heavy atom. The fourth-order valence-electron chi connectivity index (χ4n) is 7.76. The summed E-state index contributed by atoms with van der Waals surface area (Å²) in [7, 11) is 1.69. The number of aliphatic hydroxyl groups is 2. The molecule has 1 aromatic rings. The van der Waals surface area contributed by atoms with Crippen molar-refractivity contribution in [1.29, 1.82) is 0 Å². The summed E-state index contributed by atoms with van der Waals surface area (Å²) in [5, 5.41) is 39.7. The number of rotatable bonds is 17. The lowest BCUT2D eigenvalue weighted by molar-refractivity contribution is -0.192. The first kappa shape index (κ1) is 54.7. The van der Waals surface area contributed by atoms with Crippen molar-refractivity contribution in [1.82, 2.24) is 82.9 Å². The molecule has 1 aromatic heterocycles. The summed E-state index contributed by atoms with van der Waals surface area (Å²) in [6, 6.07) is 0. The monoisotopic (exact) mass is 1030 g/mol. The summed E-state index contributed by atoms with van der Waals surface area (Å²) in [6.45, 7) is 3.93. The van der Waals surface area contributed by atoms with Crippen LogP contribution < -0.4 is 66.3 Å². The van der Waals surface area contributed by atoms with Crippen molar-refractivity contribution in [2.45, 2.75) is 54.7 Å². The molecule has 0 aromatic carbocycles. The van der Waals surface area contributed by atoms with E-state index in [-0.39, 0.29) is 73.9 Å². The molecule has 0 saturated carbocycles. The number of nitrogens with zero attached hydrogens (tertiary/aromatic N) is 11. The smallest absolute Gasteiger partial charge is 0.475 e. The molecule has 34 heteroatoms. The molecule has 2 bridgehead atoms. The molecular formula is C35H60Cl2F3N23O6. The average molecular weight is 1030 g/mol. The number of nitrogens with two attached hydrogens (primary N) is 4. The minimum absolute atomic E-state index is 0.0227. The molecule has 386 valence electrons. The fourth-order valence-corrected chi connectivity index (χ4v) is 8.37. The number of amides is 2. The molecule has 7 heterocycles. The molecule has 2 unspecified atom stereocenters. The predicted molar refractivity (Wildman–Crippen MR) is 243 cm³/mol.